The number of rotatable bonds is 7. The minimum absolute atomic E-state index is 0.0391. The fraction of sp³-hybridized carbons (Fsp3) is 0.619. The van der Waals surface area contributed by atoms with Gasteiger partial charge in [0.15, 0.2) is 0 Å². The van der Waals surface area contributed by atoms with Crippen molar-refractivity contribution in [3.05, 3.63) is 28.8 Å². The van der Waals surface area contributed by atoms with Crippen molar-refractivity contribution < 1.29 is 9.59 Å². The van der Waals surface area contributed by atoms with Gasteiger partial charge in [-0.25, -0.2) is 4.79 Å². The Kier molecular flexibility index (Phi) is 8.10. The lowest BCUT2D eigenvalue weighted by molar-refractivity contribution is -0.115. The molecule has 0 atom stereocenters. The zero-order chi connectivity index (χ0) is 19.8. The molecule has 6 nitrogen and oxygen atoms in total. The Bertz CT molecular complexity index is 629. The van der Waals surface area contributed by atoms with Crippen molar-refractivity contribution in [3.63, 3.8) is 0 Å². The molecule has 0 spiro atoms. The normalized spacial score (nSPS) is 15.4. The van der Waals surface area contributed by atoms with E-state index >= 15 is 0 Å². The first-order valence-corrected chi connectivity index (χ1v) is 9.97. The molecule has 3 amide bonds. The lowest BCUT2D eigenvalue weighted by atomic mass is 9.99. The number of likely N-dealkylation sites (tertiary alicyclic amines) is 1. The molecule has 0 aromatic heterocycles. The minimum atomic E-state index is -0.297. The van der Waals surface area contributed by atoms with Crippen LogP contribution >= 0.6 is 0 Å². The summed E-state index contributed by atoms with van der Waals surface area (Å²) in [7, 11) is 0. The number of piperidine rings is 1. The molecule has 27 heavy (non-hydrogen) atoms. The smallest absolute Gasteiger partial charge is 0.315 e. The number of hydrogen-bond donors (Lipinski definition) is 3. The zero-order valence-electron chi connectivity index (χ0n) is 17.2. The maximum atomic E-state index is 12.1. The van der Waals surface area contributed by atoms with E-state index in [9.17, 15) is 9.59 Å². The van der Waals surface area contributed by atoms with Crippen molar-refractivity contribution >= 4 is 17.6 Å². The highest BCUT2D eigenvalue weighted by Gasteiger charge is 2.15. The molecule has 1 aliphatic rings. The molecule has 2 rings (SSSR count). The van der Waals surface area contributed by atoms with Crippen LogP contribution in [0.1, 0.15) is 42.9 Å². The van der Waals surface area contributed by atoms with Crippen LogP contribution in [-0.2, 0) is 4.79 Å². The van der Waals surface area contributed by atoms with Crippen LogP contribution in [0.15, 0.2) is 12.1 Å². The lowest BCUT2D eigenvalue weighted by Crippen LogP contribution is -2.41. The number of anilines is 1. The Hall–Kier alpha value is -2.08. The summed E-state index contributed by atoms with van der Waals surface area (Å²) in [5.41, 5.74) is 4.04. The van der Waals surface area contributed by atoms with E-state index in [0.717, 1.165) is 48.8 Å². The number of hydrogen-bond acceptors (Lipinski definition) is 3. The summed E-state index contributed by atoms with van der Waals surface area (Å²) in [5, 5.41) is 8.33. The molecule has 150 valence electrons. The Balaban J connectivity index is 1.62. The molecule has 1 aromatic rings. The van der Waals surface area contributed by atoms with Gasteiger partial charge in [-0.2, -0.15) is 0 Å². The molecule has 0 bridgehead atoms. The number of urea groups is 1. The van der Waals surface area contributed by atoms with Crippen LogP contribution in [0.4, 0.5) is 10.5 Å². The van der Waals surface area contributed by atoms with E-state index in [1.807, 2.05) is 32.9 Å². The van der Waals surface area contributed by atoms with Gasteiger partial charge in [0.05, 0.1) is 6.54 Å². The molecular weight excluding hydrogens is 340 g/mol. The Labute approximate surface area is 163 Å². The number of aryl methyl sites for hydroxylation is 3. The van der Waals surface area contributed by atoms with Crippen LogP contribution in [0, 0.1) is 26.7 Å². The second kappa shape index (κ2) is 10.3. The minimum Gasteiger partial charge on any atom is -0.338 e. The zero-order valence-corrected chi connectivity index (χ0v) is 17.2. The molecule has 0 unspecified atom stereocenters. The van der Waals surface area contributed by atoms with E-state index in [0.29, 0.717) is 6.54 Å². The quantitative estimate of drug-likeness (QED) is 0.643. The largest absolute Gasteiger partial charge is 0.338 e. The number of nitrogens with zero attached hydrogens (tertiary/aromatic N) is 1. The maximum Gasteiger partial charge on any atom is 0.315 e. The summed E-state index contributed by atoms with van der Waals surface area (Å²) in [6, 6.07) is 3.77. The average Bonchev–Trinajstić information content (AvgIpc) is 2.61. The van der Waals surface area contributed by atoms with Gasteiger partial charge in [0.2, 0.25) is 5.91 Å². The van der Waals surface area contributed by atoms with Gasteiger partial charge in [0.1, 0.15) is 0 Å². The molecule has 1 heterocycles. The van der Waals surface area contributed by atoms with E-state index in [2.05, 4.69) is 27.8 Å². The van der Waals surface area contributed by atoms with Gasteiger partial charge in [-0.15, -0.1) is 0 Å². The first kappa shape index (κ1) is 21.2. The molecule has 1 saturated heterocycles. The van der Waals surface area contributed by atoms with Crippen molar-refractivity contribution in [3.8, 4) is 0 Å². The van der Waals surface area contributed by atoms with Crippen molar-refractivity contribution in [1.82, 2.24) is 15.5 Å². The third-order valence-corrected chi connectivity index (χ3v) is 5.16. The van der Waals surface area contributed by atoms with Crippen LogP contribution in [0.5, 0.6) is 0 Å². The topological polar surface area (TPSA) is 73.5 Å². The molecule has 1 fully saturated rings. The fourth-order valence-corrected chi connectivity index (χ4v) is 3.57. The number of nitrogens with one attached hydrogen (secondary N) is 3. The summed E-state index contributed by atoms with van der Waals surface area (Å²) in [4.78, 5) is 26.4. The summed E-state index contributed by atoms with van der Waals surface area (Å²) < 4.78 is 0. The van der Waals surface area contributed by atoms with Gasteiger partial charge < -0.3 is 20.9 Å². The van der Waals surface area contributed by atoms with Crippen molar-refractivity contribution in [1.29, 1.82) is 0 Å². The molecule has 0 radical (unpaired) electrons. The third kappa shape index (κ3) is 7.21. The van der Waals surface area contributed by atoms with Crippen molar-refractivity contribution in [2.24, 2.45) is 5.92 Å². The predicted octanol–water partition coefficient (Wildman–Crippen LogP) is 2.97. The summed E-state index contributed by atoms with van der Waals surface area (Å²) >= 11 is 0. The molecule has 0 saturated carbocycles. The molecule has 6 heteroatoms. The Morgan fingerprint density at radius 2 is 1.70 bits per heavy atom. The van der Waals surface area contributed by atoms with E-state index in [1.165, 1.54) is 18.4 Å². The summed E-state index contributed by atoms with van der Waals surface area (Å²) in [6.07, 6.45) is 3.46. The van der Waals surface area contributed by atoms with E-state index in [-0.39, 0.29) is 18.5 Å². The monoisotopic (exact) mass is 374 g/mol. The number of benzene rings is 1. The van der Waals surface area contributed by atoms with Crippen molar-refractivity contribution in [2.45, 2.75) is 47.0 Å². The van der Waals surface area contributed by atoms with Crippen molar-refractivity contribution in [2.75, 3.05) is 38.0 Å². The Morgan fingerprint density at radius 1 is 1.07 bits per heavy atom. The van der Waals surface area contributed by atoms with Gasteiger partial charge in [-0.05, 0) is 76.7 Å². The molecule has 1 aliphatic heterocycles. The van der Waals surface area contributed by atoms with Crippen LogP contribution in [0.25, 0.3) is 0 Å². The third-order valence-electron chi connectivity index (χ3n) is 5.16. The van der Waals surface area contributed by atoms with E-state index < -0.39 is 0 Å². The standard InChI is InChI=1S/C21H34N4O2/c1-15-6-10-25(11-7-15)9-5-8-22-21(27)23-14-19(26)24-20-17(3)12-16(2)13-18(20)4/h12-13,15H,5-11,14H2,1-4H3,(H,24,26)(H2,22,23,27). The number of amides is 3. The second-order valence-electron chi connectivity index (χ2n) is 7.81. The first-order chi connectivity index (χ1) is 12.8. The van der Waals surface area contributed by atoms with Gasteiger partial charge in [-0.3, -0.25) is 4.79 Å². The van der Waals surface area contributed by atoms with Gasteiger partial charge >= 0.3 is 6.03 Å². The second-order valence-corrected chi connectivity index (χ2v) is 7.81. The van der Waals surface area contributed by atoms with Crippen LogP contribution in [0.2, 0.25) is 0 Å². The SMILES string of the molecule is Cc1cc(C)c(NC(=O)CNC(=O)NCCCN2CCC(C)CC2)c(C)c1. The van der Waals surface area contributed by atoms with Gasteiger partial charge in [-0.1, -0.05) is 24.6 Å². The molecule has 3 N–H and O–H groups in total. The summed E-state index contributed by atoms with van der Waals surface area (Å²) in [6.45, 7) is 12.2. The Morgan fingerprint density at radius 3 is 2.33 bits per heavy atom. The number of carbonyl (C=O) groups excluding carboxylic acids is 2. The van der Waals surface area contributed by atoms with Gasteiger partial charge in [0, 0.05) is 12.2 Å². The average molecular weight is 375 g/mol. The molecular formula is C21H34N4O2. The van der Waals surface area contributed by atoms with Gasteiger partial charge in [0.25, 0.3) is 0 Å². The highest BCUT2D eigenvalue weighted by molar-refractivity contribution is 5.95. The maximum absolute atomic E-state index is 12.1. The number of carbonyl (C=O) groups is 2. The van der Waals surface area contributed by atoms with E-state index in [1.54, 1.807) is 0 Å². The molecule has 1 aromatic carbocycles. The van der Waals surface area contributed by atoms with E-state index in [4.69, 9.17) is 0 Å². The highest BCUT2D eigenvalue weighted by atomic mass is 16.2. The lowest BCUT2D eigenvalue weighted by Gasteiger charge is -2.30. The van der Waals surface area contributed by atoms with Crippen LogP contribution < -0.4 is 16.0 Å². The highest BCUT2D eigenvalue weighted by Crippen LogP contribution is 2.21. The summed E-state index contributed by atoms with van der Waals surface area (Å²) in [5.74, 6) is 0.617. The van der Waals surface area contributed by atoms with Crippen LogP contribution in [-0.4, -0.2) is 49.6 Å². The fourth-order valence-electron chi connectivity index (χ4n) is 3.57. The molecule has 0 aliphatic carbocycles. The first-order valence-electron chi connectivity index (χ1n) is 9.97. The van der Waals surface area contributed by atoms with Crippen LogP contribution in [0.3, 0.4) is 0 Å². The predicted molar refractivity (Wildman–Crippen MR) is 110 cm³/mol.